The number of ether oxygens (including phenoxy) is 2. The van der Waals surface area contributed by atoms with Crippen LogP contribution >= 0.6 is 69.6 Å². The molecular weight excluding hydrogens is 491 g/mol. The van der Waals surface area contributed by atoms with E-state index in [1.54, 1.807) is 38.5 Å². The first-order valence-electron chi connectivity index (χ1n) is 7.45. The van der Waals surface area contributed by atoms with E-state index >= 15 is 0 Å². The van der Waals surface area contributed by atoms with Gasteiger partial charge in [0, 0.05) is 5.57 Å². The molecule has 0 radical (unpaired) electrons. The zero-order chi connectivity index (χ0) is 21.1. The lowest BCUT2D eigenvalue weighted by molar-refractivity contribution is 0.355. The molecule has 0 atom stereocenters. The summed E-state index contributed by atoms with van der Waals surface area (Å²) in [6.07, 6.45) is 3.42. The fourth-order valence-corrected chi connectivity index (χ4v) is 2.51. The molecule has 0 aliphatic heterocycles. The average Bonchev–Trinajstić information content (AvgIpc) is 2.63. The molecule has 0 saturated heterocycles. The van der Waals surface area contributed by atoms with E-state index in [-0.39, 0.29) is 17.5 Å². The van der Waals surface area contributed by atoms with Gasteiger partial charge in [0.2, 0.25) is 7.59 Å². The highest BCUT2D eigenvalue weighted by molar-refractivity contribution is 6.67. The van der Waals surface area contributed by atoms with Crippen molar-refractivity contribution in [1.29, 1.82) is 0 Å². The summed E-state index contributed by atoms with van der Waals surface area (Å²) >= 11 is 35.2. The normalized spacial score (nSPS) is 12.3. The van der Waals surface area contributed by atoms with E-state index in [2.05, 4.69) is 21.5 Å². The standard InChI is InChI=1S/C17H13Cl6N3O2/c1-9(4-5-10-6-7-11(27-2)12(8-10)28-3)13-24-14(16(18,19)20)26-15(25-13)17(21,22)23/h4-8H,1H2,2-3H3. The number of rotatable bonds is 5. The molecule has 1 aromatic heterocycles. The third kappa shape index (κ3) is 6.02. The molecule has 0 bridgehead atoms. The molecule has 0 aliphatic carbocycles. The van der Waals surface area contributed by atoms with Crippen molar-refractivity contribution in [1.82, 2.24) is 15.0 Å². The third-order valence-corrected chi connectivity index (χ3v) is 4.33. The minimum atomic E-state index is -1.93. The van der Waals surface area contributed by atoms with Crippen LogP contribution in [0.2, 0.25) is 0 Å². The van der Waals surface area contributed by atoms with Crippen molar-refractivity contribution in [3.05, 3.63) is 53.9 Å². The molecule has 0 aliphatic rings. The zero-order valence-corrected chi connectivity index (χ0v) is 19.1. The van der Waals surface area contributed by atoms with E-state index in [1.807, 2.05) is 6.07 Å². The molecule has 11 heteroatoms. The van der Waals surface area contributed by atoms with Gasteiger partial charge in [-0.1, -0.05) is 94.4 Å². The van der Waals surface area contributed by atoms with Gasteiger partial charge in [0.15, 0.2) is 29.0 Å². The van der Waals surface area contributed by atoms with Crippen molar-refractivity contribution in [3.63, 3.8) is 0 Å². The van der Waals surface area contributed by atoms with Crippen LogP contribution in [0, 0.1) is 0 Å². The summed E-state index contributed by atoms with van der Waals surface area (Å²) < 4.78 is 6.61. The smallest absolute Gasteiger partial charge is 0.250 e. The molecule has 5 nitrogen and oxygen atoms in total. The predicted octanol–water partition coefficient (Wildman–Crippen LogP) is 6.27. The van der Waals surface area contributed by atoms with Gasteiger partial charge in [0.05, 0.1) is 14.2 Å². The first-order valence-corrected chi connectivity index (χ1v) is 9.72. The fourth-order valence-electron chi connectivity index (χ4n) is 2.00. The van der Waals surface area contributed by atoms with Crippen molar-refractivity contribution in [2.75, 3.05) is 14.2 Å². The summed E-state index contributed by atoms with van der Waals surface area (Å²) in [6.45, 7) is 3.91. The summed E-state index contributed by atoms with van der Waals surface area (Å²) in [4.78, 5) is 12.1. The van der Waals surface area contributed by atoms with Gasteiger partial charge >= 0.3 is 0 Å². The van der Waals surface area contributed by atoms with Crippen molar-refractivity contribution >= 4 is 81.3 Å². The number of hydrogen-bond acceptors (Lipinski definition) is 5. The Morgan fingerprint density at radius 2 is 1.43 bits per heavy atom. The van der Waals surface area contributed by atoms with Crippen LogP contribution in [0.3, 0.4) is 0 Å². The molecule has 0 unspecified atom stereocenters. The summed E-state index contributed by atoms with van der Waals surface area (Å²) in [5.41, 5.74) is 1.19. The van der Waals surface area contributed by atoms with E-state index in [1.165, 1.54) is 0 Å². The minimum absolute atomic E-state index is 0.0920. The summed E-state index contributed by atoms with van der Waals surface area (Å²) in [6, 6.07) is 5.39. The molecule has 0 N–H and O–H groups in total. The Morgan fingerprint density at radius 3 is 1.89 bits per heavy atom. The predicted molar refractivity (Wildman–Crippen MR) is 116 cm³/mol. The van der Waals surface area contributed by atoms with Crippen LogP contribution in [0.4, 0.5) is 0 Å². The Kier molecular flexibility index (Phi) is 7.70. The van der Waals surface area contributed by atoms with Gasteiger partial charge in [0.25, 0.3) is 0 Å². The topological polar surface area (TPSA) is 57.1 Å². The highest BCUT2D eigenvalue weighted by atomic mass is 35.6. The van der Waals surface area contributed by atoms with Crippen LogP contribution in [-0.2, 0) is 7.59 Å². The molecule has 0 amide bonds. The van der Waals surface area contributed by atoms with E-state index < -0.39 is 7.59 Å². The maximum absolute atomic E-state index is 5.87. The van der Waals surface area contributed by atoms with Crippen LogP contribution in [0.1, 0.15) is 23.0 Å². The summed E-state index contributed by atoms with van der Waals surface area (Å²) in [7, 11) is 3.10. The first kappa shape index (κ1) is 23.3. The van der Waals surface area contributed by atoms with Crippen molar-refractivity contribution < 1.29 is 9.47 Å². The molecule has 1 aromatic carbocycles. The molecule has 28 heavy (non-hydrogen) atoms. The summed E-state index contributed by atoms with van der Waals surface area (Å²) in [5, 5.41) is 0. The van der Waals surface area contributed by atoms with Gasteiger partial charge in [0.1, 0.15) is 0 Å². The zero-order valence-electron chi connectivity index (χ0n) is 14.5. The third-order valence-electron chi connectivity index (χ3n) is 3.31. The monoisotopic (exact) mass is 501 g/mol. The van der Waals surface area contributed by atoms with Gasteiger partial charge in [-0.05, 0) is 17.7 Å². The van der Waals surface area contributed by atoms with E-state index in [0.717, 1.165) is 5.56 Å². The van der Waals surface area contributed by atoms with E-state index in [0.29, 0.717) is 17.1 Å². The lowest BCUT2D eigenvalue weighted by Crippen LogP contribution is -2.17. The maximum atomic E-state index is 5.87. The number of hydrogen-bond donors (Lipinski definition) is 0. The second-order valence-corrected chi connectivity index (χ2v) is 9.84. The van der Waals surface area contributed by atoms with Gasteiger partial charge in [-0.15, -0.1) is 0 Å². The Balaban J connectivity index is 2.39. The second-order valence-electron chi connectivity index (χ2n) is 5.27. The lowest BCUT2D eigenvalue weighted by atomic mass is 10.1. The number of halogens is 6. The second kappa shape index (κ2) is 9.24. The fraction of sp³-hybridized carbons (Fsp3) is 0.235. The Hall–Kier alpha value is -0.950. The van der Waals surface area contributed by atoms with Gasteiger partial charge in [-0.25, -0.2) is 15.0 Å². The molecule has 0 fully saturated rings. The van der Waals surface area contributed by atoms with Crippen LogP contribution in [-0.4, -0.2) is 29.2 Å². The van der Waals surface area contributed by atoms with E-state index in [4.69, 9.17) is 79.1 Å². The summed E-state index contributed by atoms with van der Waals surface area (Å²) in [5.74, 6) is 0.895. The molecule has 1 heterocycles. The number of methoxy groups -OCH3 is 2. The number of allylic oxidation sites excluding steroid dienone is 2. The van der Waals surface area contributed by atoms with Crippen LogP contribution in [0.25, 0.3) is 11.6 Å². The van der Waals surface area contributed by atoms with Gasteiger partial charge in [-0.2, -0.15) is 0 Å². The molecule has 2 rings (SSSR count). The van der Waals surface area contributed by atoms with E-state index in [9.17, 15) is 0 Å². The Morgan fingerprint density at radius 1 is 0.893 bits per heavy atom. The molecular formula is C17H13Cl6N3O2. The first-order chi connectivity index (χ1) is 13.0. The number of alkyl halides is 6. The average molecular weight is 504 g/mol. The Labute approximate surface area is 192 Å². The molecule has 2 aromatic rings. The molecule has 150 valence electrons. The number of benzene rings is 1. The van der Waals surface area contributed by atoms with Crippen LogP contribution in [0.15, 0.2) is 30.9 Å². The molecule has 0 spiro atoms. The highest BCUT2D eigenvalue weighted by Gasteiger charge is 2.33. The number of nitrogens with zero attached hydrogens (tertiary/aromatic N) is 3. The van der Waals surface area contributed by atoms with Crippen molar-refractivity contribution in [2.45, 2.75) is 7.59 Å². The van der Waals surface area contributed by atoms with Crippen LogP contribution < -0.4 is 9.47 Å². The SMILES string of the molecule is C=C(C=Cc1ccc(OC)c(OC)c1)c1nc(C(Cl)(Cl)Cl)nc(C(Cl)(Cl)Cl)n1. The van der Waals surface area contributed by atoms with Crippen LogP contribution in [0.5, 0.6) is 11.5 Å². The largest absolute Gasteiger partial charge is 0.493 e. The van der Waals surface area contributed by atoms with Gasteiger partial charge in [-0.3, -0.25) is 0 Å². The number of aromatic nitrogens is 3. The molecule has 0 saturated carbocycles. The van der Waals surface area contributed by atoms with Crippen molar-refractivity contribution in [3.8, 4) is 11.5 Å². The lowest BCUT2D eigenvalue weighted by Gasteiger charge is -2.15. The quantitative estimate of drug-likeness (QED) is 0.355. The minimum Gasteiger partial charge on any atom is -0.493 e. The Bertz CT molecular complexity index is 874. The maximum Gasteiger partial charge on any atom is 0.250 e. The van der Waals surface area contributed by atoms with Crippen molar-refractivity contribution in [2.24, 2.45) is 0 Å². The highest BCUT2D eigenvalue weighted by Crippen LogP contribution is 2.40. The van der Waals surface area contributed by atoms with Gasteiger partial charge < -0.3 is 9.47 Å².